The maximum Gasteiger partial charge on any atom is 0.338 e. The van der Waals surface area contributed by atoms with Crippen LogP contribution in [0.4, 0.5) is 0 Å². The number of esters is 1. The Bertz CT molecular complexity index is 1100. The van der Waals surface area contributed by atoms with Crippen molar-refractivity contribution in [2.45, 2.75) is 65.4 Å². The SMILES string of the molecule is COc1ccc(C(=O)O[C@@H]2C=C3C(=O)C[C@@H]4[C@H](CC[C@]5(C)C(C(C)=O)=CC[C@@H]45)[C@@]3(C)CC2)cc1. The first-order valence-corrected chi connectivity index (χ1v) is 12.5. The van der Waals surface area contributed by atoms with Gasteiger partial charge in [-0.05, 0) is 104 Å². The van der Waals surface area contributed by atoms with Gasteiger partial charge in [-0.3, -0.25) is 9.59 Å². The van der Waals surface area contributed by atoms with Gasteiger partial charge in [0.25, 0.3) is 0 Å². The lowest BCUT2D eigenvalue weighted by atomic mass is 9.46. The van der Waals surface area contributed by atoms with Crippen LogP contribution >= 0.6 is 0 Å². The molecule has 0 amide bonds. The third kappa shape index (κ3) is 3.47. The van der Waals surface area contributed by atoms with E-state index in [4.69, 9.17) is 9.47 Å². The lowest BCUT2D eigenvalue weighted by molar-refractivity contribution is -0.128. The smallest absolute Gasteiger partial charge is 0.338 e. The normalized spacial score (nSPS) is 36.4. The van der Waals surface area contributed by atoms with E-state index >= 15 is 0 Å². The van der Waals surface area contributed by atoms with Gasteiger partial charge >= 0.3 is 5.97 Å². The minimum Gasteiger partial charge on any atom is -0.497 e. The topological polar surface area (TPSA) is 69.7 Å². The molecule has 0 heterocycles. The molecule has 0 bridgehead atoms. The summed E-state index contributed by atoms with van der Waals surface area (Å²) in [4.78, 5) is 38.4. The van der Waals surface area contributed by atoms with Crippen LogP contribution in [0.15, 0.2) is 47.6 Å². The Morgan fingerprint density at radius 1 is 1.00 bits per heavy atom. The summed E-state index contributed by atoms with van der Waals surface area (Å²) in [5, 5.41) is 0. The number of fused-ring (bicyclic) bond motifs is 5. The molecule has 0 N–H and O–H groups in total. The molecule has 34 heavy (non-hydrogen) atoms. The van der Waals surface area contributed by atoms with Gasteiger partial charge < -0.3 is 9.47 Å². The van der Waals surface area contributed by atoms with Gasteiger partial charge in [0, 0.05) is 12.0 Å². The van der Waals surface area contributed by atoms with Crippen LogP contribution in [0.25, 0.3) is 0 Å². The van der Waals surface area contributed by atoms with E-state index in [1.54, 1.807) is 38.3 Å². The summed E-state index contributed by atoms with van der Waals surface area (Å²) in [6, 6.07) is 6.87. The Balaban J connectivity index is 1.36. The molecule has 4 aliphatic rings. The van der Waals surface area contributed by atoms with Crippen molar-refractivity contribution in [3.8, 4) is 5.75 Å². The Labute approximate surface area is 201 Å². The standard InChI is InChI=1S/C29H34O5/c1-17(30)22-9-10-23-21-16-26(31)25-15-20(34-27(32)18-5-7-19(33-4)8-6-18)11-13-29(25,3)24(21)12-14-28(22,23)2/h5-9,15,20-21,23-24H,10-14,16H2,1-4H3/t20-,21-,23-,24-,28+,29+/m0/s1. The fraction of sp³-hybridized carbons (Fsp3) is 0.552. The molecule has 1 aromatic rings. The van der Waals surface area contributed by atoms with E-state index in [1.165, 1.54) is 0 Å². The molecule has 0 aliphatic heterocycles. The highest BCUT2D eigenvalue weighted by atomic mass is 16.5. The second-order valence-corrected chi connectivity index (χ2v) is 11.1. The maximum atomic E-state index is 13.5. The van der Waals surface area contributed by atoms with Gasteiger partial charge in [0.2, 0.25) is 0 Å². The van der Waals surface area contributed by atoms with E-state index in [1.807, 2.05) is 6.08 Å². The van der Waals surface area contributed by atoms with Gasteiger partial charge in [-0.2, -0.15) is 0 Å². The third-order valence-electron chi connectivity index (χ3n) is 9.44. The van der Waals surface area contributed by atoms with Gasteiger partial charge in [0.05, 0.1) is 12.7 Å². The molecule has 5 nitrogen and oxygen atoms in total. The lowest BCUT2D eigenvalue weighted by Gasteiger charge is -2.57. The highest BCUT2D eigenvalue weighted by molar-refractivity contribution is 5.99. The molecule has 0 saturated heterocycles. The molecular formula is C29H34O5. The molecule has 0 aromatic heterocycles. The van der Waals surface area contributed by atoms with E-state index in [-0.39, 0.29) is 34.5 Å². The van der Waals surface area contributed by atoms with Crippen LogP contribution in [0, 0.1) is 28.6 Å². The molecule has 5 heteroatoms. The van der Waals surface area contributed by atoms with Crippen LogP contribution in [0.1, 0.15) is 69.7 Å². The maximum absolute atomic E-state index is 13.5. The molecule has 0 radical (unpaired) electrons. The van der Waals surface area contributed by atoms with Crippen molar-refractivity contribution < 1.29 is 23.9 Å². The van der Waals surface area contributed by atoms with Gasteiger partial charge in [0.1, 0.15) is 11.9 Å². The molecular weight excluding hydrogens is 428 g/mol. The Morgan fingerprint density at radius 2 is 1.71 bits per heavy atom. The molecule has 0 unspecified atom stereocenters. The zero-order valence-corrected chi connectivity index (χ0v) is 20.6. The average molecular weight is 463 g/mol. The van der Waals surface area contributed by atoms with Gasteiger partial charge in [-0.1, -0.05) is 19.9 Å². The zero-order valence-electron chi connectivity index (χ0n) is 20.6. The summed E-state index contributed by atoms with van der Waals surface area (Å²) >= 11 is 0. The van der Waals surface area contributed by atoms with Crippen molar-refractivity contribution in [2.24, 2.45) is 28.6 Å². The molecule has 6 atom stereocenters. The van der Waals surface area contributed by atoms with Crippen LogP contribution in [-0.2, 0) is 14.3 Å². The summed E-state index contributed by atoms with van der Waals surface area (Å²) in [5.41, 5.74) is 2.02. The number of hydrogen-bond acceptors (Lipinski definition) is 5. The Morgan fingerprint density at radius 3 is 2.38 bits per heavy atom. The number of Topliss-reactive ketones (excluding diaryl/α,β-unsaturated/α-hetero) is 2. The van der Waals surface area contributed by atoms with Crippen molar-refractivity contribution in [2.75, 3.05) is 7.11 Å². The highest BCUT2D eigenvalue weighted by Gasteiger charge is 2.59. The number of ketones is 2. The minimum atomic E-state index is -0.385. The van der Waals surface area contributed by atoms with E-state index in [2.05, 4.69) is 19.9 Å². The van der Waals surface area contributed by atoms with E-state index in [0.29, 0.717) is 35.5 Å². The number of rotatable bonds is 4. The number of carbonyl (C=O) groups is 3. The predicted octanol–water partition coefficient (Wildman–Crippen LogP) is 5.49. The van der Waals surface area contributed by atoms with Gasteiger partial charge in [-0.15, -0.1) is 0 Å². The third-order valence-corrected chi connectivity index (χ3v) is 9.44. The quantitative estimate of drug-likeness (QED) is 0.554. The van der Waals surface area contributed by atoms with E-state index in [9.17, 15) is 14.4 Å². The van der Waals surface area contributed by atoms with E-state index < -0.39 is 0 Å². The van der Waals surface area contributed by atoms with E-state index in [0.717, 1.165) is 43.3 Å². The second kappa shape index (κ2) is 8.21. The van der Waals surface area contributed by atoms with Gasteiger partial charge in [0.15, 0.2) is 11.6 Å². The largest absolute Gasteiger partial charge is 0.497 e. The van der Waals surface area contributed by atoms with Crippen LogP contribution in [-0.4, -0.2) is 30.7 Å². The van der Waals surface area contributed by atoms with Crippen molar-refractivity contribution in [1.29, 1.82) is 0 Å². The van der Waals surface area contributed by atoms with Gasteiger partial charge in [-0.25, -0.2) is 4.79 Å². The monoisotopic (exact) mass is 462 g/mol. The lowest BCUT2D eigenvalue weighted by Crippen LogP contribution is -2.53. The van der Waals surface area contributed by atoms with Crippen LogP contribution in [0.3, 0.4) is 0 Å². The van der Waals surface area contributed by atoms with Crippen LogP contribution < -0.4 is 4.74 Å². The summed E-state index contributed by atoms with van der Waals surface area (Å²) in [7, 11) is 1.59. The average Bonchev–Trinajstić information content (AvgIpc) is 3.18. The highest BCUT2D eigenvalue weighted by Crippen LogP contribution is 2.65. The summed E-state index contributed by atoms with van der Waals surface area (Å²) in [5.74, 6) is 1.76. The summed E-state index contributed by atoms with van der Waals surface area (Å²) in [6.45, 7) is 6.15. The predicted molar refractivity (Wildman–Crippen MR) is 128 cm³/mol. The Kier molecular flexibility index (Phi) is 5.57. The number of benzene rings is 1. The summed E-state index contributed by atoms with van der Waals surface area (Å²) < 4.78 is 11.0. The fourth-order valence-electron chi connectivity index (χ4n) is 7.66. The Hall–Kier alpha value is -2.69. The summed E-state index contributed by atoms with van der Waals surface area (Å²) in [6.07, 6.45) is 8.71. The first-order chi connectivity index (χ1) is 16.2. The molecule has 2 saturated carbocycles. The number of allylic oxidation sites excluding steroid dienone is 3. The van der Waals surface area contributed by atoms with Crippen LogP contribution in [0.5, 0.6) is 5.75 Å². The van der Waals surface area contributed by atoms with Crippen molar-refractivity contribution in [3.63, 3.8) is 0 Å². The first-order valence-electron chi connectivity index (χ1n) is 12.5. The molecule has 180 valence electrons. The van der Waals surface area contributed by atoms with Crippen molar-refractivity contribution in [3.05, 3.63) is 53.1 Å². The molecule has 0 spiro atoms. The molecule has 5 rings (SSSR count). The second-order valence-electron chi connectivity index (χ2n) is 11.1. The fourth-order valence-corrected chi connectivity index (χ4v) is 7.66. The number of carbonyl (C=O) groups excluding carboxylic acids is 3. The van der Waals surface area contributed by atoms with Crippen molar-refractivity contribution in [1.82, 2.24) is 0 Å². The number of ether oxygens (including phenoxy) is 2. The van der Waals surface area contributed by atoms with Crippen LogP contribution in [0.2, 0.25) is 0 Å². The number of hydrogen-bond donors (Lipinski definition) is 0. The van der Waals surface area contributed by atoms with Crippen molar-refractivity contribution >= 4 is 17.5 Å². The zero-order chi connectivity index (χ0) is 24.3. The molecule has 2 fully saturated rings. The molecule has 1 aromatic carbocycles. The number of methoxy groups -OCH3 is 1. The first kappa shape index (κ1) is 23.1. The minimum absolute atomic E-state index is 0.101. The molecule has 4 aliphatic carbocycles.